The average Bonchev–Trinajstić information content (AvgIpc) is 3.40. The van der Waals surface area contributed by atoms with Crippen molar-refractivity contribution in [3.05, 3.63) is 66.2 Å². The highest BCUT2D eigenvalue weighted by molar-refractivity contribution is 5.83. The number of carbonyl (C=O) groups is 1. The highest BCUT2D eigenvalue weighted by atomic mass is 16.2. The number of nitrogens with one attached hydrogen (secondary N) is 1. The Bertz CT molecular complexity index is 875. The van der Waals surface area contributed by atoms with Crippen molar-refractivity contribution in [2.45, 2.75) is 25.4 Å². The van der Waals surface area contributed by atoms with E-state index in [1.807, 2.05) is 42.5 Å². The average molecular weight is 363 g/mol. The molecule has 1 aliphatic rings. The first-order valence-electron chi connectivity index (χ1n) is 9.07. The summed E-state index contributed by atoms with van der Waals surface area (Å²) in [5, 5.41) is 14.8. The van der Waals surface area contributed by atoms with Gasteiger partial charge in [0.2, 0.25) is 5.91 Å². The lowest BCUT2D eigenvalue weighted by molar-refractivity contribution is -0.126. The summed E-state index contributed by atoms with van der Waals surface area (Å²) < 4.78 is 1.63. The molecule has 8 nitrogen and oxygen atoms in total. The van der Waals surface area contributed by atoms with E-state index in [-0.39, 0.29) is 18.5 Å². The summed E-state index contributed by atoms with van der Waals surface area (Å²) in [6.45, 7) is 2.08. The van der Waals surface area contributed by atoms with Gasteiger partial charge in [-0.3, -0.25) is 14.7 Å². The first-order valence-corrected chi connectivity index (χ1v) is 9.07. The summed E-state index contributed by atoms with van der Waals surface area (Å²) in [5.74, 6) is 0.522. The second-order valence-electron chi connectivity index (χ2n) is 6.49. The minimum absolute atomic E-state index is 0.0625. The van der Waals surface area contributed by atoms with Crippen LogP contribution in [0, 0.1) is 0 Å². The van der Waals surface area contributed by atoms with Crippen molar-refractivity contribution in [1.29, 1.82) is 0 Å². The number of pyridine rings is 1. The van der Waals surface area contributed by atoms with Crippen LogP contribution in [0.4, 0.5) is 0 Å². The van der Waals surface area contributed by atoms with Crippen LogP contribution in [0.5, 0.6) is 0 Å². The van der Waals surface area contributed by atoms with Gasteiger partial charge in [-0.25, -0.2) is 0 Å². The van der Waals surface area contributed by atoms with Gasteiger partial charge in [0.1, 0.15) is 6.04 Å². The van der Waals surface area contributed by atoms with Gasteiger partial charge < -0.3 is 5.32 Å². The molecule has 1 aliphatic heterocycles. The maximum absolute atomic E-state index is 13.0. The number of carbonyl (C=O) groups excluding carboxylic acids is 1. The number of hydrogen-bond acceptors (Lipinski definition) is 6. The lowest BCUT2D eigenvalue weighted by Gasteiger charge is -2.26. The molecular formula is C19H21N7O. The lowest BCUT2D eigenvalue weighted by atomic mass is 10.1. The van der Waals surface area contributed by atoms with Gasteiger partial charge in [0.25, 0.3) is 0 Å². The molecule has 4 rings (SSSR count). The Kier molecular flexibility index (Phi) is 5.15. The molecule has 1 aromatic carbocycles. The number of para-hydroxylation sites is 1. The summed E-state index contributed by atoms with van der Waals surface area (Å²) in [6, 6.07) is 13.1. The Labute approximate surface area is 157 Å². The molecule has 3 heterocycles. The molecule has 0 bridgehead atoms. The number of hydrogen-bond donors (Lipinski definition) is 1. The molecule has 8 heteroatoms. The first-order chi connectivity index (χ1) is 13.3. The van der Waals surface area contributed by atoms with E-state index in [1.165, 1.54) is 0 Å². The Hall–Kier alpha value is -3.13. The fourth-order valence-corrected chi connectivity index (χ4v) is 3.41. The van der Waals surface area contributed by atoms with Gasteiger partial charge in [-0.05, 0) is 60.1 Å². The smallest absolute Gasteiger partial charge is 0.242 e. The molecule has 1 fully saturated rings. The monoisotopic (exact) mass is 363 g/mol. The number of rotatable bonds is 6. The normalized spacial score (nSPS) is 15.6. The molecule has 1 amide bonds. The molecular weight excluding hydrogens is 342 g/mol. The number of aromatic nitrogens is 5. The number of nitrogens with zero attached hydrogens (tertiary/aromatic N) is 6. The van der Waals surface area contributed by atoms with E-state index in [2.05, 4.69) is 30.7 Å². The van der Waals surface area contributed by atoms with E-state index in [4.69, 9.17) is 0 Å². The fourth-order valence-electron chi connectivity index (χ4n) is 3.41. The van der Waals surface area contributed by atoms with Gasteiger partial charge in [-0.1, -0.05) is 24.3 Å². The summed E-state index contributed by atoms with van der Waals surface area (Å²) in [4.78, 5) is 19.4. The van der Waals surface area contributed by atoms with Crippen LogP contribution in [-0.4, -0.2) is 49.1 Å². The van der Waals surface area contributed by atoms with Gasteiger partial charge in [-0.15, -0.1) is 5.10 Å². The Morgan fingerprint density at radius 1 is 1.11 bits per heavy atom. The molecule has 0 aliphatic carbocycles. The molecule has 0 unspecified atom stereocenters. The third-order valence-electron chi connectivity index (χ3n) is 4.71. The molecule has 1 atom stereocenters. The predicted molar refractivity (Wildman–Crippen MR) is 98.8 cm³/mol. The second-order valence-corrected chi connectivity index (χ2v) is 6.49. The van der Waals surface area contributed by atoms with E-state index in [0.717, 1.165) is 37.2 Å². The van der Waals surface area contributed by atoms with Crippen molar-refractivity contribution < 1.29 is 4.79 Å². The van der Waals surface area contributed by atoms with Crippen molar-refractivity contribution in [3.63, 3.8) is 0 Å². The third kappa shape index (κ3) is 3.85. The van der Waals surface area contributed by atoms with Crippen LogP contribution in [-0.2, 0) is 11.3 Å². The summed E-state index contributed by atoms with van der Waals surface area (Å²) in [5.41, 5.74) is 1.76. The van der Waals surface area contributed by atoms with Crippen LogP contribution in [0.1, 0.15) is 30.3 Å². The quantitative estimate of drug-likeness (QED) is 0.714. The summed E-state index contributed by atoms with van der Waals surface area (Å²) in [6.07, 6.45) is 5.69. The van der Waals surface area contributed by atoms with Crippen molar-refractivity contribution in [2.24, 2.45) is 0 Å². The maximum Gasteiger partial charge on any atom is 0.242 e. The second kappa shape index (κ2) is 8.05. The van der Waals surface area contributed by atoms with E-state index >= 15 is 0 Å². The van der Waals surface area contributed by atoms with Gasteiger partial charge in [0.05, 0.1) is 12.2 Å². The molecule has 27 heavy (non-hydrogen) atoms. The van der Waals surface area contributed by atoms with E-state index in [0.29, 0.717) is 5.82 Å². The summed E-state index contributed by atoms with van der Waals surface area (Å²) in [7, 11) is 0. The van der Waals surface area contributed by atoms with Crippen LogP contribution in [0.3, 0.4) is 0 Å². The number of likely N-dealkylation sites (tertiary alicyclic amines) is 1. The predicted octanol–water partition coefficient (Wildman–Crippen LogP) is 1.51. The van der Waals surface area contributed by atoms with Crippen LogP contribution >= 0.6 is 0 Å². The summed E-state index contributed by atoms with van der Waals surface area (Å²) >= 11 is 0. The van der Waals surface area contributed by atoms with Crippen LogP contribution in [0.25, 0.3) is 5.69 Å². The molecule has 1 N–H and O–H groups in total. The lowest BCUT2D eigenvalue weighted by Crippen LogP contribution is -2.39. The van der Waals surface area contributed by atoms with E-state index < -0.39 is 0 Å². The van der Waals surface area contributed by atoms with Gasteiger partial charge >= 0.3 is 0 Å². The van der Waals surface area contributed by atoms with Crippen molar-refractivity contribution in [1.82, 2.24) is 35.4 Å². The largest absolute Gasteiger partial charge is 0.347 e. The molecule has 3 aromatic rings. The minimum atomic E-state index is -0.345. The zero-order chi connectivity index (χ0) is 18.5. The van der Waals surface area contributed by atoms with Gasteiger partial charge in [0, 0.05) is 12.4 Å². The highest BCUT2D eigenvalue weighted by Crippen LogP contribution is 2.24. The molecule has 1 saturated heterocycles. The number of tetrazole rings is 1. The van der Waals surface area contributed by atoms with Crippen molar-refractivity contribution >= 4 is 5.91 Å². The SMILES string of the molecule is O=C(NCc1nnnn1-c1ccccc1)[C@@H](c1cccnc1)N1CCCC1. The van der Waals surface area contributed by atoms with E-state index in [1.54, 1.807) is 17.1 Å². The highest BCUT2D eigenvalue weighted by Gasteiger charge is 2.30. The molecule has 138 valence electrons. The van der Waals surface area contributed by atoms with Gasteiger partial charge in [0.15, 0.2) is 5.82 Å². The Balaban J connectivity index is 1.50. The molecule has 2 aromatic heterocycles. The fraction of sp³-hybridized carbons (Fsp3) is 0.316. The van der Waals surface area contributed by atoms with Crippen LogP contribution < -0.4 is 5.32 Å². The minimum Gasteiger partial charge on any atom is -0.347 e. The van der Waals surface area contributed by atoms with Crippen molar-refractivity contribution in [2.75, 3.05) is 13.1 Å². The molecule has 0 radical (unpaired) electrons. The molecule has 0 saturated carbocycles. The topological polar surface area (TPSA) is 88.8 Å². The van der Waals surface area contributed by atoms with E-state index in [9.17, 15) is 4.79 Å². The zero-order valence-electron chi connectivity index (χ0n) is 14.9. The first kappa shape index (κ1) is 17.3. The van der Waals surface area contributed by atoms with Crippen LogP contribution in [0.2, 0.25) is 0 Å². The number of benzene rings is 1. The Morgan fingerprint density at radius 3 is 2.67 bits per heavy atom. The molecule has 0 spiro atoms. The third-order valence-corrected chi connectivity index (χ3v) is 4.71. The van der Waals surface area contributed by atoms with Crippen LogP contribution in [0.15, 0.2) is 54.9 Å². The maximum atomic E-state index is 13.0. The number of amides is 1. The van der Waals surface area contributed by atoms with Gasteiger partial charge in [-0.2, -0.15) is 4.68 Å². The van der Waals surface area contributed by atoms with Crippen molar-refractivity contribution in [3.8, 4) is 5.69 Å². The standard InChI is InChI=1S/C19H21N7O/c27-19(18(25-11-4-5-12-25)15-7-6-10-20-13-15)21-14-17-22-23-24-26(17)16-8-2-1-3-9-16/h1-3,6-10,13,18H,4-5,11-12,14H2,(H,21,27)/t18-/m1/s1. The zero-order valence-corrected chi connectivity index (χ0v) is 14.9. The Morgan fingerprint density at radius 2 is 1.93 bits per heavy atom.